The summed E-state index contributed by atoms with van der Waals surface area (Å²) in [5, 5.41) is 3.13. The van der Waals surface area contributed by atoms with Crippen LogP contribution in [0.1, 0.15) is 11.1 Å². The van der Waals surface area contributed by atoms with Crippen LogP contribution < -0.4 is 5.32 Å². The van der Waals surface area contributed by atoms with Gasteiger partial charge in [-0.25, -0.2) is 0 Å². The van der Waals surface area contributed by atoms with Crippen molar-refractivity contribution in [1.82, 2.24) is 0 Å². The van der Waals surface area contributed by atoms with Crippen LogP contribution in [0, 0.1) is 6.92 Å². The number of ether oxygens (including phenoxy) is 1. The van der Waals surface area contributed by atoms with Gasteiger partial charge in [0.1, 0.15) is 0 Å². The van der Waals surface area contributed by atoms with Crippen LogP contribution in [0.2, 0.25) is 10.0 Å². The summed E-state index contributed by atoms with van der Waals surface area (Å²) in [6, 6.07) is 12.4. The van der Waals surface area contributed by atoms with Gasteiger partial charge in [-0.05, 0) is 30.2 Å². The Morgan fingerprint density at radius 3 is 2.57 bits per heavy atom. The minimum absolute atomic E-state index is 0.123. The fourth-order valence-electron chi connectivity index (χ4n) is 1.95. The molecule has 0 atom stereocenters. The molecule has 0 aliphatic carbocycles. The molecule has 4 nitrogen and oxygen atoms in total. The molecule has 0 unspecified atom stereocenters. The van der Waals surface area contributed by atoms with E-state index in [1.807, 2.05) is 31.2 Å². The molecular formula is C17H15Cl2NO3. The summed E-state index contributed by atoms with van der Waals surface area (Å²) < 4.78 is 4.98. The molecule has 2 rings (SSSR count). The van der Waals surface area contributed by atoms with Crippen LogP contribution in [0.25, 0.3) is 0 Å². The van der Waals surface area contributed by atoms with Gasteiger partial charge in [0.05, 0.1) is 22.2 Å². The number of nitrogens with one attached hydrogen (secondary N) is 1. The monoisotopic (exact) mass is 351 g/mol. The molecule has 120 valence electrons. The second-order valence-corrected chi connectivity index (χ2v) is 5.70. The van der Waals surface area contributed by atoms with Gasteiger partial charge < -0.3 is 10.1 Å². The van der Waals surface area contributed by atoms with Crippen molar-refractivity contribution in [3.63, 3.8) is 0 Å². The zero-order chi connectivity index (χ0) is 16.8. The summed E-state index contributed by atoms with van der Waals surface area (Å²) in [6.07, 6.45) is 0.123. The lowest BCUT2D eigenvalue weighted by Gasteiger charge is -2.09. The number of carbonyl (C=O) groups is 2. The number of amides is 1. The molecule has 23 heavy (non-hydrogen) atoms. The van der Waals surface area contributed by atoms with Gasteiger partial charge in [-0.15, -0.1) is 0 Å². The first kappa shape index (κ1) is 17.3. The van der Waals surface area contributed by atoms with Gasteiger partial charge in [-0.3, -0.25) is 9.59 Å². The number of anilines is 1. The van der Waals surface area contributed by atoms with Crippen molar-refractivity contribution in [1.29, 1.82) is 0 Å². The van der Waals surface area contributed by atoms with Crippen LogP contribution in [-0.4, -0.2) is 18.5 Å². The fraction of sp³-hybridized carbons (Fsp3) is 0.176. The van der Waals surface area contributed by atoms with Gasteiger partial charge >= 0.3 is 5.97 Å². The zero-order valence-corrected chi connectivity index (χ0v) is 13.9. The van der Waals surface area contributed by atoms with Crippen molar-refractivity contribution in [2.75, 3.05) is 11.9 Å². The average Bonchev–Trinajstić information content (AvgIpc) is 2.52. The van der Waals surface area contributed by atoms with Gasteiger partial charge in [-0.2, -0.15) is 0 Å². The lowest BCUT2D eigenvalue weighted by Crippen LogP contribution is -2.22. The molecule has 2 aromatic rings. The second kappa shape index (κ2) is 7.99. The van der Waals surface area contributed by atoms with Crippen molar-refractivity contribution in [2.45, 2.75) is 13.3 Å². The lowest BCUT2D eigenvalue weighted by atomic mass is 10.1. The molecule has 2 aromatic carbocycles. The van der Waals surface area contributed by atoms with Crippen LogP contribution in [-0.2, 0) is 20.7 Å². The quantitative estimate of drug-likeness (QED) is 0.827. The van der Waals surface area contributed by atoms with E-state index in [1.165, 1.54) is 0 Å². The number of hydrogen-bond donors (Lipinski definition) is 1. The Morgan fingerprint density at radius 2 is 1.83 bits per heavy atom. The minimum atomic E-state index is -0.479. The molecule has 0 radical (unpaired) electrons. The highest BCUT2D eigenvalue weighted by Gasteiger charge is 2.12. The maximum absolute atomic E-state index is 11.8. The Morgan fingerprint density at radius 1 is 1.09 bits per heavy atom. The van der Waals surface area contributed by atoms with E-state index in [4.69, 9.17) is 27.9 Å². The summed E-state index contributed by atoms with van der Waals surface area (Å²) in [7, 11) is 0. The molecule has 0 fully saturated rings. The van der Waals surface area contributed by atoms with E-state index < -0.39 is 11.9 Å². The lowest BCUT2D eigenvalue weighted by molar-refractivity contribution is -0.146. The number of rotatable bonds is 5. The zero-order valence-electron chi connectivity index (χ0n) is 12.4. The van der Waals surface area contributed by atoms with Crippen LogP contribution in [0.3, 0.4) is 0 Å². The molecule has 0 heterocycles. The smallest absolute Gasteiger partial charge is 0.310 e. The largest absolute Gasteiger partial charge is 0.455 e. The Balaban J connectivity index is 1.86. The van der Waals surface area contributed by atoms with E-state index in [0.717, 1.165) is 11.1 Å². The highest BCUT2D eigenvalue weighted by atomic mass is 35.5. The molecular weight excluding hydrogens is 337 g/mol. The standard InChI is InChI=1S/C17H15Cl2NO3/c1-11-5-2-3-6-12(11)9-16(22)23-10-15(21)20-14-8-4-7-13(18)17(14)19/h2-8H,9-10H2,1H3,(H,20,21). The first-order chi connectivity index (χ1) is 11.0. The summed E-state index contributed by atoms with van der Waals surface area (Å²) in [4.78, 5) is 23.6. The summed E-state index contributed by atoms with van der Waals surface area (Å²) in [5.74, 6) is -0.945. The Kier molecular flexibility index (Phi) is 6.02. The first-order valence-corrected chi connectivity index (χ1v) is 7.67. The number of benzene rings is 2. The Hall–Kier alpha value is -2.04. The van der Waals surface area contributed by atoms with E-state index in [2.05, 4.69) is 5.32 Å². The molecule has 0 aromatic heterocycles. The fourth-order valence-corrected chi connectivity index (χ4v) is 2.30. The van der Waals surface area contributed by atoms with Gasteiger partial charge in [0.25, 0.3) is 5.91 Å². The van der Waals surface area contributed by atoms with Crippen LogP contribution in [0.5, 0.6) is 0 Å². The minimum Gasteiger partial charge on any atom is -0.455 e. The number of aryl methyl sites for hydroxylation is 1. The summed E-state index contributed by atoms with van der Waals surface area (Å²) >= 11 is 11.8. The Bertz CT molecular complexity index is 732. The molecule has 0 saturated carbocycles. The van der Waals surface area contributed by atoms with Crippen molar-refractivity contribution >= 4 is 40.8 Å². The van der Waals surface area contributed by atoms with Gasteiger partial charge in [0, 0.05) is 0 Å². The van der Waals surface area contributed by atoms with Crippen molar-refractivity contribution in [3.8, 4) is 0 Å². The van der Waals surface area contributed by atoms with Crippen molar-refractivity contribution in [2.24, 2.45) is 0 Å². The van der Waals surface area contributed by atoms with E-state index in [-0.39, 0.29) is 18.1 Å². The number of esters is 1. The van der Waals surface area contributed by atoms with Gasteiger partial charge in [-0.1, -0.05) is 53.5 Å². The summed E-state index contributed by atoms with van der Waals surface area (Å²) in [5.41, 5.74) is 2.24. The van der Waals surface area contributed by atoms with Crippen molar-refractivity contribution in [3.05, 3.63) is 63.6 Å². The maximum Gasteiger partial charge on any atom is 0.310 e. The first-order valence-electron chi connectivity index (χ1n) is 6.91. The van der Waals surface area contributed by atoms with Crippen molar-refractivity contribution < 1.29 is 14.3 Å². The summed E-state index contributed by atoms with van der Waals surface area (Å²) in [6.45, 7) is 1.53. The topological polar surface area (TPSA) is 55.4 Å². The SMILES string of the molecule is Cc1ccccc1CC(=O)OCC(=O)Nc1cccc(Cl)c1Cl. The van der Waals surface area contributed by atoms with Gasteiger partial charge in [0.2, 0.25) is 0 Å². The Labute approximate surface area is 144 Å². The highest BCUT2D eigenvalue weighted by Crippen LogP contribution is 2.29. The maximum atomic E-state index is 11.8. The molecule has 0 aliphatic rings. The van der Waals surface area contributed by atoms with Crippen LogP contribution >= 0.6 is 23.2 Å². The predicted octanol–water partition coefficient (Wildman–Crippen LogP) is 4.03. The van der Waals surface area contributed by atoms with E-state index >= 15 is 0 Å². The third-order valence-corrected chi connectivity index (χ3v) is 4.00. The molecule has 1 amide bonds. The number of carbonyl (C=O) groups excluding carboxylic acids is 2. The highest BCUT2D eigenvalue weighted by molar-refractivity contribution is 6.43. The number of hydrogen-bond acceptors (Lipinski definition) is 3. The van der Waals surface area contributed by atoms with E-state index in [0.29, 0.717) is 10.7 Å². The van der Waals surface area contributed by atoms with Gasteiger partial charge in [0.15, 0.2) is 6.61 Å². The van der Waals surface area contributed by atoms with Crippen LogP contribution in [0.4, 0.5) is 5.69 Å². The number of halogens is 2. The molecule has 0 bridgehead atoms. The molecule has 1 N–H and O–H groups in total. The van der Waals surface area contributed by atoms with Crippen LogP contribution in [0.15, 0.2) is 42.5 Å². The normalized spacial score (nSPS) is 10.2. The molecule has 0 aliphatic heterocycles. The average molecular weight is 352 g/mol. The third-order valence-electron chi connectivity index (χ3n) is 3.19. The molecule has 6 heteroatoms. The predicted molar refractivity (Wildman–Crippen MR) is 90.9 cm³/mol. The third kappa shape index (κ3) is 4.98. The van der Waals surface area contributed by atoms with E-state index in [1.54, 1.807) is 18.2 Å². The van der Waals surface area contributed by atoms with E-state index in [9.17, 15) is 9.59 Å². The second-order valence-electron chi connectivity index (χ2n) is 4.91. The molecule has 0 spiro atoms. The molecule has 0 saturated heterocycles.